The third-order valence-electron chi connectivity index (χ3n) is 6.65. The normalized spacial score (nSPS) is 31.6. The Hall–Kier alpha value is -1.59. The Morgan fingerprint density at radius 2 is 2.29 bits per heavy atom. The van der Waals surface area contributed by atoms with Crippen LogP contribution in [-0.2, 0) is 10.2 Å². The topological polar surface area (TPSA) is 71.1 Å². The zero-order valence-corrected chi connectivity index (χ0v) is 18.3. The third kappa shape index (κ3) is 3.92. The fraction of sp³-hybridized carbons (Fsp3) is 0.609. The van der Waals surface area contributed by atoms with Gasteiger partial charge in [0.2, 0.25) is 0 Å². The lowest BCUT2D eigenvalue weighted by molar-refractivity contribution is -0.0166. The van der Waals surface area contributed by atoms with E-state index in [1.54, 1.807) is 11.3 Å². The lowest BCUT2D eigenvalue weighted by atomic mass is 9.78. The molecule has 0 amide bonds. The first-order valence-electron chi connectivity index (χ1n) is 10.4. The number of hydrogen-bond acceptors (Lipinski definition) is 5. The molecule has 154 valence electrons. The molecule has 3 rings (SSSR count). The van der Waals surface area contributed by atoms with E-state index in [1.165, 1.54) is 17.7 Å². The van der Waals surface area contributed by atoms with Crippen LogP contribution in [0.5, 0.6) is 0 Å². The van der Waals surface area contributed by atoms with E-state index in [9.17, 15) is 0 Å². The maximum Gasteiger partial charge on any atom is 0.164 e. The van der Waals surface area contributed by atoms with Crippen LogP contribution in [0.2, 0.25) is 0 Å². The fourth-order valence-electron chi connectivity index (χ4n) is 4.71. The van der Waals surface area contributed by atoms with Crippen LogP contribution in [0.4, 0.5) is 0 Å². The van der Waals surface area contributed by atoms with E-state index >= 15 is 0 Å². The molecule has 1 fully saturated rings. The smallest absolute Gasteiger partial charge is 0.164 e. The molecule has 1 aromatic heterocycles. The molecule has 4 unspecified atom stereocenters. The van der Waals surface area contributed by atoms with E-state index < -0.39 is 5.72 Å². The van der Waals surface area contributed by atoms with Crippen molar-refractivity contribution in [1.29, 1.82) is 5.41 Å². The molecular weight excluding hydrogens is 366 g/mol. The van der Waals surface area contributed by atoms with E-state index in [0.29, 0.717) is 18.6 Å². The summed E-state index contributed by atoms with van der Waals surface area (Å²) < 4.78 is 6.45. The van der Waals surface area contributed by atoms with Gasteiger partial charge in [0.25, 0.3) is 0 Å². The number of nitrogens with one attached hydrogen (secondary N) is 2. The molecule has 28 heavy (non-hydrogen) atoms. The molecule has 5 heteroatoms. The summed E-state index contributed by atoms with van der Waals surface area (Å²) in [6.07, 6.45) is 10.8. The summed E-state index contributed by atoms with van der Waals surface area (Å²) in [4.78, 5) is 1.22. The first-order valence-corrected chi connectivity index (χ1v) is 11.3. The van der Waals surface area contributed by atoms with Gasteiger partial charge in [-0.1, -0.05) is 51.8 Å². The average Bonchev–Trinajstić information content (AvgIpc) is 3.37. The first-order chi connectivity index (χ1) is 13.2. The molecule has 2 heterocycles. The van der Waals surface area contributed by atoms with Gasteiger partial charge < -0.3 is 15.5 Å². The predicted octanol–water partition coefficient (Wildman–Crippen LogP) is 5.47. The Bertz CT molecular complexity index is 735. The molecule has 0 bridgehead atoms. The second-order valence-corrected chi connectivity index (χ2v) is 9.92. The van der Waals surface area contributed by atoms with Crippen molar-refractivity contribution in [3.05, 3.63) is 47.0 Å². The van der Waals surface area contributed by atoms with Crippen molar-refractivity contribution in [2.75, 3.05) is 0 Å². The van der Waals surface area contributed by atoms with Gasteiger partial charge in [-0.15, -0.1) is 11.3 Å². The largest absolute Gasteiger partial charge is 0.476 e. The van der Waals surface area contributed by atoms with Gasteiger partial charge in [0.1, 0.15) is 5.76 Å². The number of ether oxygens (including phenoxy) is 1. The number of unbranched alkanes of at least 4 members (excludes halogenated alkanes) is 2. The molecule has 2 aliphatic rings. The standard InChI is InChI=1S/C23H35N3OS/c1-5-6-7-12-21(3)16-23(25,15-18(21)24)27-17(2)22(4,19-10-8-13-26-19)20-11-9-14-28-20/h8-9,11,13-14,19,24,26H,2,5-7,10,12,15-16,25H2,1,3-4H3. The van der Waals surface area contributed by atoms with Crippen molar-refractivity contribution in [1.82, 2.24) is 5.32 Å². The highest BCUT2D eigenvalue weighted by atomic mass is 32.1. The van der Waals surface area contributed by atoms with Gasteiger partial charge in [0.15, 0.2) is 5.72 Å². The summed E-state index contributed by atoms with van der Waals surface area (Å²) in [6, 6.07) is 4.41. The molecule has 1 saturated carbocycles. The lowest BCUT2D eigenvalue weighted by Gasteiger charge is -2.40. The minimum Gasteiger partial charge on any atom is -0.476 e. The summed E-state index contributed by atoms with van der Waals surface area (Å²) in [6.45, 7) is 10.9. The number of thiophene rings is 1. The van der Waals surface area contributed by atoms with Crippen LogP contribution in [0.1, 0.15) is 70.6 Å². The van der Waals surface area contributed by atoms with Crippen LogP contribution in [0, 0.1) is 10.8 Å². The van der Waals surface area contributed by atoms with Crippen molar-refractivity contribution in [2.45, 2.75) is 82.9 Å². The van der Waals surface area contributed by atoms with E-state index in [1.807, 2.05) is 6.20 Å². The van der Waals surface area contributed by atoms with Crippen molar-refractivity contribution >= 4 is 17.0 Å². The predicted molar refractivity (Wildman–Crippen MR) is 119 cm³/mol. The Morgan fingerprint density at radius 1 is 1.50 bits per heavy atom. The van der Waals surface area contributed by atoms with Crippen molar-refractivity contribution in [3.8, 4) is 0 Å². The maximum atomic E-state index is 8.59. The molecule has 0 saturated heterocycles. The molecule has 1 aromatic rings. The molecule has 0 spiro atoms. The van der Waals surface area contributed by atoms with Crippen molar-refractivity contribution in [2.24, 2.45) is 11.1 Å². The van der Waals surface area contributed by atoms with E-state index in [4.69, 9.17) is 15.9 Å². The van der Waals surface area contributed by atoms with Gasteiger partial charge in [-0.3, -0.25) is 5.73 Å². The molecule has 0 aromatic carbocycles. The number of nitrogens with two attached hydrogens (primary N) is 1. The minimum atomic E-state index is -0.848. The van der Waals surface area contributed by atoms with Gasteiger partial charge in [-0.05, 0) is 37.4 Å². The number of hydrogen-bond donors (Lipinski definition) is 3. The summed E-state index contributed by atoms with van der Waals surface area (Å²) in [5.41, 5.74) is 6.06. The van der Waals surface area contributed by atoms with Crippen LogP contribution in [0.15, 0.2) is 42.1 Å². The summed E-state index contributed by atoms with van der Waals surface area (Å²) in [7, 11) is 0. The van der Waals surface area contributed by atoms with Gasteiger partial charge >= 0.3 is 0 Å². The van der Waals surface area contributed by atoms with Gasteiger partial charge in [-0.2, -0.15) is 0 Å². The molecule has 4 N–H and O–H groups in total. The maximum absolute atomic E-state index is 8.59. The van der Waals surface area contributed by atoms with Crippen LogP contribution in [0.25, 0.3) is 0 Å². The molecule has 4 nitrogen and oxygen atoms in total. The highest BCUT2D eigenvalue weighted by molar-refractivity contribution is 7.10. The highest BCUT2D eigenvalue weighted by Gasteiger charge is 2.51. The highest BCUT2D eigenvalue weighted by Crippen LogP contribution is 2.48. The van der Waals surface area contributed by atoms with Gasteiger partial charge in [-0.25, -0.2) is 0 Å². The van der Waals surface area contributed by atoms with Crippen LogP contribution < -0.4 is 11.1 Å². The third-order valence-corrected chi connectivity index (χ3v) is 7.76. The van der Waals surface area contributed by atoms with E-state index in [-0.39, 0.29) is 16.9 Å². The summed E-state index contributed by atoms with van der Waals surface area (Å²) in [5.74, 6) is 0.698. The lowest BCUT2D eigenvalue weighted by Crippen LogP contribution is -2.48. The average molecular weight is 402 g/mol. The van der Waals surface area contributed by atoms with Crippen LogP contribution >= 0.6 is 11.3 Å². The Kier molecular flexibility index (Phi) is 6.06. The second-order valence-electron chi connectivity index (χ2n) is 8.98. The summed E-state index contributed by atoms with van der Waals surface area (Å²) >= 11 is 1.72. The van der Waals surface area contributed by atoms with E-state index in [0.717, 1.165) is 25.0 Å². The van der Waals surface area contributed by atoms with Crippen molar-refractivity contribution < 1.29 is 4.74 Å². The zero-order valence-electron chi connectivity index (χ0n) is 17.5. The zero-order chi connectivity index (χ0) is 20.4. The molecule has 4 atom stereocenters. The monoisotopic (exact) mass is 401 g/mol. The minimum absolute atomic E-state index is 0.170. The Balaban J connectivity index is 1.77. The quantitative estimate of drug-likeness (QED) is 0.292. The van der Waals surface area contributed by atoms with Crippen LogP contribution in [0.3, 0.4) is 0 Å². The fourth-order valence-corrected chi connectivity index (χ4v) is 5.67. The van der Waals surface area contributed by atoms with Gasteiger partial charge in [0.05, 0.1) is 5.41 Å². The Morgan fingerprint density at radius 3 is 2.89 bits per heavy atom. The van der Waals surface area contributed by atoms with Gasteiger partial charge in [0, 0.05) is 34.9 Å². The van der Waals surface area contributed by atoms with E-state index in [2.05, 4.69) is 56.3 Å². The molecule has 1 aliphatic heterocycles. The van der Waals surface area contributed by atoms with Crippen LogP contribution in [-0.4, -0.2) is 17.5 Å². The Labute approximate surface area is 173 Å². The molecule has 1 aliphatic carbocycles. The molecular formula is C23H35N3OS. The first kappa shape index (κ1) is 21.1. The SMILES string of the molecule is C=C(OC1(N)CC(=N)C(C)(CCCCC)C1)C(C)(c1cccs1)C1CC=CN1. The molecule has 0 radical (unpaired) electrons. The van der Waals surface area contributed by atoms with Crippen molar-refractivity contribution in [3.63, 3.8) is 0 Å². The second kappa shape index (κ2) is 8.03. The number of rotatable bonds is 9. The summed E-state index contributed by atoms with van der Waals surface area (Å²) in [5, 5.41) is 14.2.